The molecule has 0 radical (unpaired) electrons. The lowest BCUT2D eigenvalue weighted by Gasteiger charge is -2.28. The number of hydrogen-bond donors (Lipinski definition) is 2. The maximum Gasteiger partial charge on any atom is 0.222 e. The summed E-state index contributed by atoms with van der Waals surface area (Å²) in [5, 5.41) is 3.19. The summed E-state index contributed by atoms with van der Waals surface area (Å²) in [6.45, 7) is 0. The number of carbonyl (C=O) groups is 1. The summed E-state index contributed by atoms with van der Waals surface area (Å²) in [5.41, 5.74) is 8.86. The van der Waals surface area contributed by atoms with E-state index in [9.17, 15) is 4.79 Å². The SMILES string of the molecule is NC1(CC(=O)NC2CCc3ccccc3C2)CCCC1. The molecule has 108 valence electrons. The molecule has 0 aliphatic heterocycles. The van der Waals surface area contributed by atoms with Crippen LogP contribution in [0.25, 0.3) is 0 Å². The maximum atomic E-state index is 12.2. The summed E-state index contributed by atoms with van der Waals surface area (Å²) in [4.78, 5) is 12.2. The molecule has 0 spiro atoms. The van der Waals surface area contributed by atoms with Gasteiger partial charge in [-0.2, -0.15) is 0 Å². The van der Waals surface area contributed by atoms with Gasteiger partial charge in [0, 0.05) is 18.0 Å². The molecule has 0 bridgehead atoms. The molecular formula is C17H24N2O. The largest absolute Gasteiger partial charge is 0.353 e. The summed E-state index contributed by atoms with van der Waals surface area (Å²) in [5.74, 6) is 0.138. The van der Waals surface area contributed by atoms with E-state index in [1.54, 1.807) is 0 Å². The van der Waals surface area contributed by atoms with Crippen LogP contribution in [0.1, 0.15) is 49.7 Å². The first-order chi connectivity index (χ1) is 9.65. The van der Waals surface area contributed by atoms with Crippen molar-refractivity contribution in [1.29, 1.82) is 0 Å². The molecule has 20 heavy (non-hydrogen) atoms. The smallest absolute Gasteiger partial charge is 0.222 e. The Morgan fingerprint density at radius 3 is 2.70 bits per heavy atom. The number of rotatable bonds is 3. The number of nitrogens with one attached hydrogen (secondary N) is 1. The number of nitrogens with two attached hydrogens (primary N) is 1. The molecule has 1 amide bonds. The molecule has 0 heterocycles. The fourth-order valence-electron chi connectivity index (χ4n) is 3.68. The number of hydrogen-bond acceptors (Lipinski definition) is 2. The zero-order valence-corrected chi connectivity index (χ0v) is 12.0. The molecule has 0 aromatic heterocycles. The summed E-state index contributed by atoms with van der Waals surface area (Å²) >= 11 is 0. The van der Waals surface area contributed by atoms with Crippen LogP contribution < -0.4 is 11.1 Å². The minimum atomic E-state index is -0.239. The zero-order chi connectivity index (χ0) is 14.0. The van der Waals surface area contributed by atoms with E-state index in [-0.39, 0.29) is 17.5 Å². The van der Waals surface area contributed by atoms with E-state index in [1.165, 1.54) is 24.0 Å². The monoisotopic (exact) mass is 272 g/mol. The standard InChI is InChI=1S/C17H24N2O/c18-17(9-3-4-10-17)12-16(20)19-15-8-7-13-5-1-2-6-14(13)11-15/h1-2,5-6,15H,3-4,7-12,18H2,(H,19,20). The van der Waals surface area contributed by atoms with E-state index in [4.69, 9.17) is 5.73 Å². The summed E-state index contributed by atoms with van der Waals surface area (Å²) in [7, 11) is 0. The van der Waals surface area contributed by atoms with E-state index < -0.39 is 0 Å². The Bertz CT molecular complexity index is 492. The van der Waals surface area contributed by atoms with Gasteiger partial charge < -0.3 is 11.1 Å². The van der Waals surface area contributed by atoms with Crippen LogP contribution in [0.3, 0.4) is 0 Å². The molecule has 3 nitrogen and oxygen atoms in total. The van der Waals surface area contributed by atoms with Crippen molar-refractivity contribution in [3.05, 3.63) is 35.4 Å². The van der Waals surface area contributed by atoms with E-state index in [1.807, 2.05) is 0 Å². The molecule has 1 aromatic carbocycles. The van der Waals surface area contributed by atoms with Gasteiger partial charge in [0.05, 0.1) is 0 Å². The lowest BCUT2D eigenvalue weighted by molar-refractivity contribution is -0.123. The van der Waals surface area contributed by atoms with E-state index in [0.717, 1.165) is 32.1 Å². The Kier molecular flexibility index (Phi) is 3.79. The van der Waals surface area contributed by atoms with Crippen LogP contribution in [-0.2, 0) is 17.6 Å². The Morgan fingerprint density at radius 2 is 1.95 bits per heavy atom. The molecular weight excluding hydrogens is 248 g/mol. The fourth-order valence-corrected chi connectivity index (χ4v) is 3.68. The van der Waals surface area contributed by atoms with Gasteiger partial charge in [0.1, 0.15) is 0 Å². The average Bonchev–Trinajstić information content (AvgIpc) is 2.84. The van der Waals surface area contributed by atoms with Crippen molar-refractivity contribution in [2.75, 3.05) is 0 Å². The van der Waals surface area contributed by atoms with Crippen molar-refractivity contribution in [3.8, 4) is 0 Å². The van der Waals surface area contributed by atoms with Crippen molar-refractivity contribution in [3.63, 3.8) is 0 Å². The van der Waals surface area contributed by atoms with Crippen molar-refractivity contribution < 1.29 is 4.79 Å². The Hall–Kier alpha value is -1.35. The van der Waals surface area contributed by atoms with Crippen molar-refractivity contribution >= 4 is 5.91 Å². The number of fused-ring (bicyclic) bond motifs is 1. The highest BCUT2D eigenvalue weighted by Gasteiger charge is 2.32. The van der Waals surface area contributed by atoms with Gasteiger partial charge in [-0.15, -0.1) is 0 Å². The highest BCUT2D eigenvalue weighted by Crippen LogP contribution is 2.30. The first-order valence-electron chi connectivity index (χ1n) is 7.80. The summed E-state index contributed by atoms with van der Waals surface area (Å²) in [6.07, 6.45) is 7.88. The van der Waals surface area contributed by atoms with Crippen LogP contribution >= 0.6 is 0 Å². The van der Waals surface area contributed by atoms with Gasteiger partial charge in [-0.25, -0.2) is 0 Å². The Labute approximate surface area is 120 Å². The number of aryl methyl sites for hydroxylation is 1. The Morgan fingerprint density at radius 1 is 1.25 bits per heavy atom. The molecule has 2 aliphatic carbocycles. The predicted molar refractivity (Wildman–Crippen MR) is 80.4 cm³/mol. The second-order valence-electron chi connectivity index (χ2n) is 6.52. The topological polar surface area (TPSA) is 55.1 Å². The van der Waals surface area contributed by atoms with Gasteiger partial charge >= 0.3 is 0 Å². The summed E-state index contributed by atoms with van der Waals surface area (Å²) < 4.78 is 0. The van der Waals surface area contributed by atoms with Crippen LogP contribution in [0.2, 0.25) is 0 Å². The first-order valence-corrected chi connectivity index (χ1v) is 7.80. The normalized spacial score (nSPS) is 24.1. The third-order valence-corrected chi connectivity index (χ3v) is 4.82. The Balaban J connectivity index is 1.55. The number of benzene rings is 1. The van der Waals surface area contributed by atoms with Crippen LogP contribution in [0.4, 0.5) is 0 Å². The zero-order valence-electron chi connectivity index (χ0n) is 12.0. The minimum Gasteiger partial charge on any atom is -0.353 e. The first kappa shape index (κ1) is 13.6. The van der Waals surface area contributed by atoms with E-state index >= 15 is 0 Å². The molecule has 1 unspecified atom stereocenters. The van der Waals surface area contributed by atoms with E-state index in [2.05, 4.69) is 29.6 Å². The molecule has 3 heteroatoms. The van der Waals surface area contributed by atoms with E-state index in [0.29, 0.717) is 6.42 Å². The van der Waals surface area contributed by atoms with Gasteiger partial charge in [0.25, 0.3) is 0 Å². The fraction of sp³-hybridized carbons (Fsp3) is 0.588. The molecule has 1 saturated carbocycles. The van der Waals surface area contributed by atoms with Crippen LogP contribution in [-0.4, -0.2) is 17.5 Å². The summed E-state index contributed by atoms with van der Waals surface area (Å²) in [6, 6.07) is 8.82. The highest BCUT2D eigenvalue weighted by molar-refractivity contribution is 5.77. The van der Waals surface area contributed by atoms with Crippen molar-refractivity contribution in [2.45, 2.75) is 62.9 Å². The molecule has 1 fully saturated rings. The van der Waals surface area contributed by atoms with Gasteiger partial charge in [0.15, 0.2) is 0 Å². The van der Waals surface area contributed by atoms with Crippen LogP contribution in [0.15, 0.2) is 24.3 Å². The molecule has 0 saturated heterocycles. The van der Waals surface area contributed by atoms with Crippen LogP contribution in [0, 0.1) is 0 Å². The minimum absolute atomic E-state index is 0.138. The quantitative estimate of drug-likeness (QED) is 0.887. The highest BCUT2D eigenvalue weighted by atomic mass is 16.1. The van der Waals surface area contributed by atoms with Gasteiger partial charge in [-0.05, 0) is 43.2 Å². The van der Waals surface area contributed by atoms with Gasteiger partial charge in [-0.3, -0.25) is 4.79 Å². The predicted octanol–water partition coefficient (Wildman–Crippen LogP) is 2.32. The molecule has 3 rings (SSSR count). The molecule has 3 N–H and O–H groups in total. The van der Waals surface area contributed by atoms with Crippen LogP contribution in [0.5, 0.6) is 0 Å². The number of amides is 1. The van der Waals surface area contributed by atoms with Crippen molar-refractivity contribution in [2.24, 2.45) is 5.73 Å². The lowest BCUT2D eigenvalue weighted by Crippen LogP contribution is -2.46. The molecule has 1 aromatic rings. The van der Waals surface area contributed by atoms with Crippen molar-refractivity contribution in [1.82, 2.24) is 5.32 Å². The second-order valence-corrected chi connectivity index (χ2v) is 6.52. The lowest BCUT2D eigenvalue weighted by atomic mass is 9.88. The average molecular weight is 272 g/mol. The third kappa shape index (κ3) is 3.04. The second kappa shape index (κ2) is 5.57. The maximum absolute atomic E-state index is 12.2. The molecule has 1 atom stereocenters. The van der Waals surface area contributed by atoms with Gasteiger partial charge in [0.2, 0.25) is 5.91 Å². The molecule has 2 aliphatic rings. The van der Waals surface area contributed by atoms with Gasteiger partial charge in [-0.1, -0.05) is 37.1 Å². The number of carbonyl (C=O) groups excluding carboxylic acids is 1. The third-order valence-electron chi connectivity index (χ3n) is 4.82.